The fourth-order valence-electron chi connectivity index (χ4n) is 3.56. The maximum absolute atomic E-state index is 12.7. The molecule has 2 aromatic carbocycles. The van der Waals surface area contributed by atoms with E-state index in [1.54, 1.807) is 0 Å². The lowest BCUT2D eigenvalue weighted by molar-refractivity contribution is 0.0682. The highest BCUT2D eigenvalue weighted by Crippen LogP contribution is 2.24. The van der Waals surface area contributed by atoms with Crippen LogP contribution in [0.5, 0.6) is 0 Å². The van der Waals surface area contributed by atoms with E-state index in [2.05, 4.69) is 50.3 Å². The van der Waals surface area contributed by atoms with Crippen molar-refractivity contribution in [2.45, 2.75) is 19.4 Å². The first-order chi connectivity index (χ1) is 12.2. The minimum atomic E-state index is 0.163. The number of hydrogen-bond donors (Lipinski definition) is 0. The average molecular weight is 445 g/mol. The number of amides is 1. The predicted octanol–water partition coefficient (Wildman–Crippen LogP) is 4.19. The monoisotopic (exact) mass is 445 g/mol. The lowest BCUT2D eigenvalue weighted by Crippen LogP contribution is -2.39. The SMILES string of the molecule is O=C(c1ccccc1I)N1CCC(Cn2cnc3ccccc32)CC1. The number of piperidine rings is 1. The third-order valence-corrected chi connectivity index (χ3v) is 5.93. The largest absolute Gasteiger partial charge is 0.339 e. The van der Waals surface area contributed by atoms with Crippen molar-refractivity contribution in [2.24, 2.45) is 5.92 Å². The normalized spacial score (nSPS) is 15.6. The minimum Gasteiger partial charge on any atom is -0.339 e. The van der Waals surface area contributed by atoms with Gasteiger partial charge >= 0.3 is 0 Å². The van der Waals surface area contributed by atoms with Crippen molar-refractivity contribution < 1.29 is 4.79 Å². The molecule has 1 aromatic heterocycles. The smallest absolute Gasteiger partial charge is 0.254 e. The Labute approximate surface area is 161 Å². The molecular weight excluding hydrogens is 425 g/mol. The number of likely N-dealkylation sites (tertiary alicyclic amines) is 1. The summed E-state index contributed by atoms with van der Waals surface area (Å²) in [5, 5.41) is 0. The molecule has 1 saturated heterocycles. The maximum Gasteiger partial charge on any atom is 0.254 e. The van der Waals surface area contributed by atoms with Crippen LogP contribution in [-0.2, 0) is 6.54 Å². The maximum atomic E-state index is 12.7. The number of fused-ring (bicyclic) bond motifs is 1. The highest BCUT2D eigenvalue weighted by molar-refractivity contribution is 14.1. The minimum absolute atomic E-state index is 0.163. The third-order valence-electron chi connectivity index (χ3n) is 4.99. The van der Waals surface area contributed by atoms with Crippen LogP contribution < -0.4 is 0 Å². The summed E-state index contributed by atoms with van der Waals surface area (Å²) < 4.78 is 3.27. The Balaban J connectivity index is 1.40. The van der Waals surface area contributed by atoms with Crippen LogP contribution >= 0.6 is 22.6 Å². The van der Waals surface area contributed by atoms with Crippen LogP contribution in [0.25, 0.3) is 11.0 Å². The molecule has 1 fully saturated rings. The zero-order valence-electron chi connectivity index (χ0n) is 13.9. The van der Waals surface area contributed by atoms with E-state index in [0.717, 1.165) is 47.1 Å². The van der Waals surface area contributed by atoms with E-state index in [-0.39, 0.29) is 5.91 Å². The summed E-state index contributed by atoms with van der Waals surface area (Å²) in [6, 6.07) is 16.1. The van der Waals surface area contributed by atoms with Gasteiger partial charge in [-0.15, -0.1) is 0 Å². The van der Waals surface area contributed by atoms with E-state index in [1.807, 2.05) is 41.6 Å². The second kappa shape index (κ2) is 7.15. The Morgan fingerprint density at radius 3 is 2.60 bits per heavy atom. The van der Waals surface area contributed by atoms with Crippen LogP contribution in [0.1, 0.15) is 23.2 Å². The van der Waals surface area contributed by atoms with Gasteiger partial charge in [-0.25, -0.2) is 4.98 Å². The number of rotatable bonds is 3. The molecule has 1 aliphatic heterocycles. The van der Waals surface area contributed by atoms with Gasteiger partial charge in [0.05, 0.1) is 22.9 Å². The van der Waals surface area contributed by atoms with Crippen LogP contribution in [0.15, 0.2) is 54.9 Å². The van der Waals surface area contributed by atoms with Gasteiger partial charge in [-0.2, -0.15) is 0 Å². The van der Waals surface area contributed by atoms with Crippen molar-refractivity contribution in [3.8, 4) is 0 Å². The Morgan fingerprint density at radius 2 is 1.80 bits per heavy atom. The predicted molar refractivity (Wildman–Crippen MR) is 108 cm³/mol. The van der Waals surface area contributed by atoms with Gasteiger partial charge in [0.2, 0.25) is 0 Å². The summed E-state index contributed by atoms with van der Waals surface area (Å²) in [6.45, 7) is 2.65. The summed E-state index contributed by atoms with van der Waals surface area (Å²) in [7, 11) is 0. The van der Waals surface area contributed by atoms with Crippen LogP contribution in [0, 0.1) is 9.49 Å². The fourth-order valence-corrected chi connectivity index (χ4v) is 4.18. The lowest BCUT2D eigenvalue weighted by Gasteiger charge is -2.32. The van der Waals surface area contributed by atoms with Crippen LogP contribution in [0.2, 0.25) is 0 Å². The molecule has 25 heavy (non-hydrogen) atoms. The lowest BCUT2D eigenvalue weighted by atomic mass is 9.96. The highest BCUT2D eigenvalue weighted by atomic mass is 127. The summed E-state index contributed by atoms with van der Waals surface area (Å²) in [5.74, 6) is 0.757. The van der Waals surface area contributed by atoms with Gasteiger partial charge in [0.15, 0.2) is 0 Å². The zero-order chi connectivity index (χ0) is 17.2. The van der Waals surface area contributed by atoms with Crippen LogP contribution in [0.4, 0.5) is 0 Å². The van der Waals surface area contributed by atoms with E-state index in [9.17, 15) is 4.79 Å². The summed E-state index contributed by atoms with van der Waals surface area (Å²) in [4.78, 5) is 19.2. The van der Waals surface area contributed by atoms with Crippen molar-refractivity contribution in [3.63, 3.8) is 0 Å². The van der Waals surface area contributed by atoms with Gasteiger partial charge in [0.25, 0.3) is 5.91 Å². The third kappa shape index (κ3) is 3.42. The number of carbonyl (C=O) groups excluding carboxylic acids is 1. The molecular formula is C20H20IN3O. The highest BCUT2D eigenvalue weighted by Gasteiger charge is 2.25. The topological polar surface area (TPSA) is 38.1 Å². The standard InChI is InChI=1S/C20H20IN3O/c21-17-6-2-1-5-16(17)20(25)23-11-9-15(10-12-23)13-24-14-22-18-7-3-4-8-19(18)24/h1-8,14-15H,9-13H2. The van der Waals surface area contributed by atoms with E-state index in [1.165, 1.54) is 5.52 Å². The van der Waals surface area contributed by atoms with E-state index in [0.29, 0.717) is 5.92 Å². The quantitative estimate of drug-likeness (QED) is 0.567. The van der Waals surface area contributed by atoms with Crippen molar-refractivity contribution in [1.82, 2.24) is 14.5 Å². The number of carbonyl (C=O) groups is 1. The van der Waals surface area contributed by atoms with E-state index < -0.39 is 0 Å². The molecule has 0 atom stereocenters. The molecule has 4 nitrogen and oxygen atoms in total. The van der Waals surface area contributed by atoms with Crippen molar-refractivity contribution >= 4 is 39.5 Å². The molecule has 0 radical (unpaired) electrons. The van der Waals surface area contributed by atoms with E-state index >= 15 is 0 Å². The molecule has 0 aliphatic carbocycles. The number of benzene rings is 2. The van der Waals surface area contributed by atoms with E-state index in [4.69, 9.17) is 0 Å². The second-order valence-electron chi connectivity index (χ2n) is 6.60. The van der Waals surface area contributed by atoms with Gasteiger partial charge in [-0.1, -0.05) is 24.3 Å². The Hall–Kier alpha value is -1.89. The summed E-state index contributed by atoms with van der Waals surface area (Å²) >= 11 is 2.24. The number of halogens is 1. The van der Waals surface area contributed by atoms with Crippen LogP contribution in [0.3, 0.4) is 0 Å². The first-order valence-electron chi connectivity index (χ1n) is 8.66. The molecule has 5 heteroatoms. The second-order valence-corrected chi connectivity index (χ2v) is 7.76. The number of aromatic nitrogens is 2. The molecule has 3 aromatic rings. The van der Waals surface area contributed by atoms with Gasteiger partial charge in [0, 0.05) is 23.2 Å². The first-order valence-corrected chi connectivity index (χ1v) is 9.74. The Morgan fingerprint density at radius 1 is 1.08 bits per heavy atom. The van der Waals surface area contributed by atoms with Gasteiger partial charge < -0.3 is 9.47 Å². The average Bonchev–Trinajstić information content (AvgIpc) is 3.05. The molecule has 128 valence electrons. The molecule has 0 N–H and O–H groups in total. The number of hydrogen-bond acceptors (Lipinski definition) is 2. The van der Waals surface area contributed by atoms with Crippen molar-refractivity contribution in [2.75, 3.05) is 13.1 Å². The van der Waals surface area contributed by atoms with Crippen molar-refractivity contribution in [1.29, 1.82) is 0 Å². The Bertz CT molecular complexity index is 897. The molecule has 2 heterocycles. The molecule has 0 bridgehead atoms. The fraction of sp³-hybridized carbons (Fsp3) is 0.300. The zero-order valence-corrected chi connectivity index (χ0v) is 16.1. The molecule has 1 amide bonds. The molecule has 0 saturated carbocycles. The summed E-state index contributed by atoms with van der Waals surface area (Å²) in [6.07, 6.45) is 4.03. The molecule has 4 rings (SSSR count). The molecule has 0 unspecified atom stereocenters. The summed E-state index contributed by atoms with van der Waals surface area (Å²) in [5.41, 5.74) is 3.07. The van der Waals surface area contributed by atoms with Gasteiger partial charge in [-0.05, 0) is 65.6 Å². The van der Waals surface area contributed by atoms with Gasteiger partial charge in [0.1, 0.15) is 0 Å². The number of para-hydroxylation sites is 2. The molecule has 0 spiro atoms. The van der Waals surface area contributed by atoms with Crippen molar-refractivity contribution in [3.05, 3.63) is 64.0 Å². The number of imidazole rings is 1. The Kier molecular flexibility index (Phi) is 4.74. The first kappa shape index (κ1) is 16.6. The van der Waals surface area contributed by atoms with Crippen LogP contribution in [-0.4, -0.2) is 33.4 Å². The molecule has 1 aliphatic rings. The number of nitrogens with zero attached hydrogens (tertiary/aromatic N) is 3. The van der Waals surface area contributed by atoms with Gasteiger partial charge in [-0.3, -0.25) is 4.79 Å².